The van der Waals surface area contributed by atoms with E-state index in [1.54, 1.807) is 17.1 Å². The quantitative estimate of drug-likeness (QED) is 0.625. The molecule has 2 aromatic rings. The van der Waals surface area contributed by atoms with Gasteiger partial charge in [-0.15, -0.1) is 0 Å². The Morgan fingerprint density at radius 3 is 2.09 bits per heavy atom. The zero-order valence-corrected chi connectivity index (χ0v) is 18.7. The molecule has 1 amide bonds. The van der Waals surface area contributed by atoms with Crippen molar-refractivity contribution in [3.05, 3.63) is 57.6 Å². The number of hydrogen-bond donors (Lipinski definition) is 1. The average molecular weight is 487 g/mol. The first-order chi connectivity index (χ1) is 15.1. The molecule has 9 heteroatoms. The van der Waals surface area contributed by atoms with Crippen LogP contribution < -0.4 is 0 Å². The van der Waals surface area contributed by atoms with Gasteiger partial charge in [-0.2, -0.15) is 13.2 Å². The predicted octanol–water partition coefficient (Wildman–Crippen LogP) is 5.44. The molecule has 1 unspecified atom stereocenters. The minimum absolute atomic E-state index is 0.0281. The lowest BCUT2D eigenvalue weighted by Gasteiger charge is -2.36. The van der Waals surface area contributed by atoms with Crippen molar-refractivity contribution in [1.29, 1.82) is 0 Å². The summed E-state index contributed by atoms with van der Waals surface area (Å²) in [5.41, 5.74) is 1.13. The van der Waals surface area contributed by atoms with Gasteiger partial charge < -0.3 is 5.11 Å². The number of halogens is 5. The summed E-state index contributed by atoms with van der Waals surface area (Å²) in [7, 11) is 0. The molecule has 1 N–H and O–H groups in total. The lowest BCUT2D eigenvalue weighted by molar-refractivity contribution is -0.149. The number of hydrogen-bond acceptors (Lipinski definition) is 3. The molecular weight excluding hydrogens is 464 g/mol. The molecule has 1 atom stereocenters. The van der Waals surface area contributed by atoms with Crippen molar-refractivity contribution in [2.45, 2.75) is 38.0 Å². The van der Waals surface area contributed by atoms with Crippen molar-refractivity contribution in [1.82, 2.24) is 10.0 Å². The predicted molar refractivity (Wildman–Crippen MR) is 117 cm³/mol. The SMILES string of the molecule is O=C1C(Cc2c(Cl)cc(-c3ccc(C(F)(F)F)cc3)cc2Cl)CCN1N1CCC(O)CC1. The van der Waals surface area contributed by atoms with Gasteiger partial charge in [0.05, 0.1) is 11.7 Å². The van der Waals surface area contributed by atoms with Gasteiger partial charge in [-0.1, -0.05) is 35.3 Å². The minimum Gasteiger partial charge on any atom is -0.393 e. The van der Waals surface area contributed by atoms with E-state index in [4.69, 9.17) is 23.2 Å². The molecule has 2 saturated heterocycles. The van der Waals surface area contributed by atoms with E-state index in [0.717, 1.165) is 12.1 Å². The molecule has 0 aromatic heterocycles. The van der Waals surface area contributed by atoms with Gasteiger partial charge in [0.1, 0.15) is 0 Å². The van der Waals surface area contributed by atoms with Crippen molar-refractivity contribution in [2.24, 2.45) is 5.92 Å². The maximum absolute atomic E-state index is 13.0. The fourth-order valence-corrected chi connectivity index (χ4v) is 4.99. The standard InChI is InChI=1S/C23H23Cl2F3N2O2/c24-20-12-16(14-1-3-17(4-2-14)23(26,27)28)13-21(25)19(20)11-15-5-10-30(22(15)32)29-8-6-18(31)7-9-29/h1-4,12-13,15,18,31H,5-11H2. The van der Waals surface area contributed by atoms with Crippen LogP contribution in [0.15, 0.2) is 36.4 Å². The molecule has 0 saturated carbocycles. The summed E-state index contributed by atoms with van der Waals surface area (Å²) < 4.78 is 38.4. The van der Waals surface area contributed by atoms with Crippen molar-refractivity contribution in [2.75, 3.05) is 19.6 Å². The fraction of sp³-hybridized carbons (Fsp3) is 0.435. The Labute approximate surface area is 194 Å². The Kier molecular flexibility index (Phi) is 6.73. The minimum atomic E-state index is -4.40. The van der Waals surface area contributed by atoms with E-state index in [1.165, 1.54) is 12.1 Å². The van der Waals surface area contributed by atoms with Crippen molar-refractivity contribution in [3.8, 4) is 11.1 Å². The Hall–Kier alpha value is -1.80. The number of aliphatic hydroxyl groups is 1. The smallest absolute Gasteiger partial charge is 0.393 e. The molecule has 172 valence electrons. The van der Waals surface area contributed by atoms with Crippen LogP contribution in [0.4, 0.5) is 13.2 Å². The maximum Gasteiger partial charge on any atom is 0.416 e. The number of carbonyl (C=O) groups excluding carboxylic acids is 1. The van der Waals surface area contributed by atoms with Gasteiger partial charge in [0, 0.05) is 35.6 Å². The average Bonchev–Trinajstić information content (AvgIpc) is 3.11. The molecule has 2 aromatic carbocycles. The molecule has 4 nitrogen and oxygen atoms in total. The molecule has 32 heavy (non-hydrogen) atoms. The second kappa shape index (κ2) is 9.21. The van der Waals surface area contributed by atoms with E-state index in [2.05, 4.69) is 0 Å². The van der Waals surface area contributed by atoms with Crippen LogP contribution in [0.1, 0.15) is 30.4 Å². The highest BCUT2D eigenvalue weighted by atomic mass is 35.5. The molecule has 0 aliphatic carbocycles. The van der Waals surface area contributed by atoms with E-state index in [-0.39, 0.29) is 17.9 Å². The fourth-order valence-electron chi connectivity index (χ4n) is 4.35. The second-order valence-corrected chi connectivity index (χ2v) is 9.14. The van der Waals surface area contributed by atoms with Gasteiger partial charge in [0.2, 0.25) is 5.91 Å². The number of nitrogens with zero attached hydrogens (tertiary/aromatic N) is 2. The number of carbonyl (C=O) groups is 1. The van der Waals surface area contributed by atoms with Crippen LogP contribution >= 0.6 is 23.2 Å². The summed E-state index contributed by atoms with van der Waals surface area (Å²) in [6.07, 6.45) is -2.31. The Morgan fingerprint density at radius 1 is 0.938 bits per heavy atom. The first-order valence-corrected chi connectivity index (χ1v) is 11.3. The van der Waals surface area contributed by atoms with Crippen molar-refractivity contribution in [3.63, 3.8) is 0 Å². The topological polar surface area (TPSA) is 43.8 Å². The van der Waals surface area contributed by atoms with E-state index < -0.39 is 11.7 Å². The molecule has 0 radical (unpaired) electrons. The summed E-state index contributed by atoms with van der Waals surface area (Å²) in [6.45, 7) is 1.93. The Bertz CT molecular complexity index is 967. The molecule has 0 spiro atoms. The molecular formula is C23H23Cl2F3N2O2. The first-order valence-electron chi connectivity index (χ1n) is 10.5. The normalized spacial score (nSPS) is 20.9. The number of aliphatic hydroxyl groups excluding tert-OH is 1. The van der Waals surface area contributed by atoms with E-state index in [9.17, 15) is 23.1 Å². The third kappa shape index (κ3) is 4.91. The van der Waals surface area contributed by atoms with Crippen LogP contribution in [-0.2, 0) is 17.4 Å². The lowest BCUT2D eigenvalue weighted by Crippen LogP contribution is -2.49. The summed E-state index contributed by atoms with van der Waals surface area (Å²) in [5.74, 6) is -0.214. The maximum atomic E-state index is 13.0. The van der Waals surface area contributed by atoms with Crippen LogP contribution in [0.5, 0.6) is 0 Å². The summed E-state index contributed by atoms with van der Waals surface area (Å²) >= 11 is 13.0. The van der Waals surface area contributed by atoms with Gasteiger partial charge in [-0.05, 0) is 66.6 Å². The molecule has 4 rings (SSSR count). The molecule has 2 aliphatic heterocycles. The monoisotopic (exact) mass is 486 g/mol. The van der Waals surface area contributed by atoms with Gasteiger partial charge in [0.25, 0.3) is 0 Å². The summed E-state index contributed by atoms with van der Waals surface area (Å²) in [6, 6.07) is 8.17. The molecule has 2 heterocycles. The Morgan fingerprint density at radius 2 is 1.53 bits per heavy atom. The molecule has 2 aliphatic rings. The lowest BCUT2D eigenvalue weighted by atomic mass is 9.95. The number of amides is 1. The van der Waals surface area contributed by atoms with Crippen LogP contribution in [0.3, 0.4) is 0 Å². The van der Waals surface area contributed by atoms with Gasteiger partial charge in [-0.3, -0.25) is 9.80 Å². The van der Waals surface area contributed by atoms with Crippen LogP contribution in [0, 0.1) is 5.92 Å². The van der Waals surface area contributed by atoms with E-state index in [0.29, 0.717) is 72.1 Å². The number of piperidine rings is 1. The zero-order valence-electron chi connectivity index (χ0n) is 17.2. The number of rotatable bonds is 4. The highest BCUT2D eigenvalue weighted by molar-refractivity contribution is 6.36. The summed E-state index contributed by atoms with van der Waals surface area (Å²) in [5, 5.41) is 14.2. The largest absolute Gasteiger partial charge is 0.416 e. The van der Waals surface area contributed by atoms with E-state index >= 15 is 0 Å². The van der Waals surface area contributed by atoms with Gasteiger partial charge in [0.15, 0.2) is 0 Å². The zero-order chi connectivity index (χ0) is 23.0. The summed E-state index contributed by atoms with van der Waals surface area (Å²) in [4.78, 5) is 13.0. The second-order valence-electron chi connectivity index (χ2n) is 8.33. The third-order valence-corrected chi connectivity index (χ3v) is 6.89. The number of benzene rings is 2. The van der Waals surface area contributed by atoms with Crippen LogP contribution in [-0.4, -0.2) is 46.8 Å². The van der Waals surface area contributed by atoms with Crippen LogP contribution in [0.2, 0.25) is 10.0 Å². The Balaban J connectivity index is 1.48. The van der Waals surface area contributed by atoms with Crippen LogP contribution in [0.25, 0.3) is 11.1 Å². The van der Waals surface area contributed by atoms with Gasteiger partial charge >= 0.3 is 6.18 Å². The van der Waals surface area contributed by atoms with Crippen molar-refractivity contribution < 1.29 is 23.1 Å². The highest BCUT2D eigenvalue weighted by Gasteiger charge is 2.37. The third-order valence-electron chi connectivity index (χ3n) is 6.21. The first kappa shape index (κ1) is 23.4. The van der Waals surface area contributed by atoms with Crippen molar-refractivity contribution >= 4 is 29.1 Å². The highest BCUT2D eigenvalue weighted by Crippen LogP contribution is 2.37. The molecule has 2 fully saturated rings. The number of alkyl halides is 3. The number of hydrazine groups is 1. The molecule has 0 bridgehead atoms. The van der Waals surface area contributed by atoms with Gasteiger partial charge in [-0.25, -0.2) is 5.01 Å². The van der Waals surface area contributed by atoms with E-state index in [1.807, 2.05) is 5.01 Å².